The van der Waals surface area contributed by atoms with E-state index in [2.05, 4.69) is 0 Å². The lowest BCUT2D eigenvalue weighted by atomic mass is 9.96. The number of ether oxygens (including phenoxy) is 1. The van der Waals surface area contributed by atoms with E-state index in [1.54, 1.807) is 0 Å². The fourth-order valence-corrected chi connectivity index (χ4v) is 3.83. The molecule has 2 unspecified atom stereocenters. The van der Waals surface area contributed by atoms with Crippen LogP contribution in [0, 0.1) is 0 Å². The maximum absolute atomic E-state index is 12.9. The van der Waals surface area contributed by atoms with Gasteiger partial charge in [0.25, 0.3) is 5.91 Å². The van der Waals surface area contributed by atoms with Crippen molar-refractivity contribution in [2.75, 3.05) is 6.54 Å². The average molecular weight is 325 g/mol. The summed E-state index contributed by atoms with van der Waals surface area (Å²) in [4.78, 5) is 25.7. The molecule has 0 spiro atoms. The summed E-state index contributed by atoms with van der Waals surface area (Å²) < 4.78 is 6.12. The Balaban J connectivity index is 1.94. The number of likely N-dealkylation sites (tertiary alicyclic amines) is 1. The fraction of sp³-hybridized carbons (Fsp3) is 0.889. The predicted molar refractivity (Wildman–Crippen MR) is 88.3 cm³/mol. The third-order valence-electron chi connectivity index (χ3n) is 5.16. The Kier molecular flexibility index (Phi) is 7.34. The lowest BCUT2D eigenvalue weighted by Gasteiger charge is -2.38. The van der Waals surface area contributed by atoms with Crippen LogP contribution < -0.4 is 0 Å². The van der Waals surface area contributed by atoms with Gasteiger partial charge in [-0.2, -0.15) is 0 Å². The van der Waals surface area contributed by atoms with Gasteiger partial charge in [0, 0.05) is 19.0 Å². The summed E-state index contributed by atoms with van der Waals surface area (Å²) in [7, 11) is 0. The summed E-state index contributed by atoms with van der Waals surface area (Å²) >= 11 is 0. The highest BCUT2D eigenvalue weighted by Gasteiger charge is 2.32. The van der Waals surface area contributed by atoms with Crippen LogP contribution in [-0.2, 0) is 14.3 Å². The quantitative estimate of drug-likeness (QED) is 0.779. The number of amides is 1. The monoisotopic (exact) mass is 325 g/mol. The van der Waals surface area contributed by atoms with Crippen molar-refractivity contribution in [2.24, 2.45) is 0 Å². The third kappa shape index (κ3) is 5.48. The standard InChI is InChI=1S/C18H31NO4/c1-2-16(23-15-9-4-3-5-10-15)18(22)19-13-7-6-8-14(19)11-12-17(20)21/h14-16H,2-13H2,1H3,(H,20,21). The Labute approximate surface area is 139 Å². The van der Waals surface area contributed by atoms with Gasteiger partial charge in [-0.25, -0.2) is 0 Å². The van der Waals surface area contributed by atoms with E-state index in [0.29, 0.717) is 12.8 Å². The van der Waals surface area contributed by atoms with Gasteiger partial charge < -0.3 is 14.7 Å². The zero-order valence-corrected chi connectivity index (χ0v) is 14.3. The molecule has 1 saturated heterocycles. The first-order valence-electron chi connectivity index (χ1n) is 9.29. The molecule has 1 amide bonds. The van der Waals surface area contributed by atoms with Crippen molar-refractivity contribution in [2.45, 2.75) is 95.8 Å². The lowest BCUT2D eigenvalue weighted by molar-refractivity contribution is -0.153. The number of carbonyl (C=O) groups is 2. The van der Waals surface area contributed by atoms with E-state index in [9.17, 15) is 9.59 Å². The summed E-state index contributed by atoms with van der Waals surface area (Å²) in [5.74, 6) is -0.707. The van der Waals surface area contributed by atoms with E-state index >= 15 is 0 Å². The third-order valence-corrected chi connectivity index (χ3v) is 5.16. The minimum atomic E-state index is -0.784. The molecule has 5 nitrogen and oxygen atoms in total. The molecule has 2 atom stereocenters. The largest absolute Gasteiger partial charge is 0.481 e. The Morgan fingerprint density at radius 1 is 1.13 bits per heavy atom. The van der Waals surface area contributed by atoms with E-state index in [-0.39, 0.29) is 30.6 Å². The van der Waals surface area contributed by atoms with Crippen molar-refractivity contribution >= 4 is 11.9 Å². The van der Waals surface area contributed by atoms with E-state index in [0.717, 1.165) is 38.6 Å². The van der Waals surface area contributed by atoms with E-state index in [1.165, 1.54) is 19.3 Å². The molecule has 5 heteroatoms. The van der Waals surface area contributed by atoms with Crippen molar-refractivity contribution < 1.29 is 19.4 Å². The van der Waals surface area contributed by atoms with Crippen LogP contribution in [0.4, 0.5) is 0 Å². The fourth-order valence-electron chi connectivity index (χ4n) is 3.83. The maximum atomic E-state index is 12.9. The molecule has 1 N–H and O–H groups in total. The molecule has 2 aliphatic rings. The summed E-state index contributed by atoms with van der Waals surface area (Å²) in [6.45, 7) is 2.75. The van der Waals surface area contributed by atoms with Crippen LogP contribution in [0.15, 0.2) is 0 Å². The molecule has 132 valence electrons. The smallest absolute Gasteiger partial charge is 0.303 e. The zero-order chi connectivity index (χ0) is 16.7. The first kappa shape index (κ1) is 18.2. The molecule has 1 heterocycles. The minimum absolute atomic E-state index is 0.0661. The van der Waals surface area contributed by atoms with Gasteiger partial charge >= 0.3 is 5.97 Å². The first-order valence-corrected chi connectivity index (χ1v) is 9.29. The second-order valence-corrected chi connectivity index (χ2v) is 6.91. The molecule has 0 bridgehead atoms. The van der Waals surface area contributed by atoms with Crippen molar-refractivity contribution in [3.63, 3.8) is 0 Å². The molecule has 1 aliphatic carbocycles. The summed E-state index contributed by atoms with van der Waals surface area (Å²) in [6, 6.07) is 0.0661. The van der Waals surface area contributed by atoms with Crippen LogP contribution in [0.25, 0.3) is 0 Å². The molecular weight excluding hydrogens is 294 g/mol. The summed E-state index contributed by atoms with van der Waals surface area (Å²) in [5, 5.41) is 8.91. The second-order valence-electron chi connectivity index (χ2n) is 6.91. The molecule has 2 rings (SSSR count). The van der Waals surface area contributed by atoms with E-state index in [4.69, 9.17) is 9.84 Å². The summed E-state index contributed by atoms with van der Waals surface area (Å²) in [6.07, 6.45) is 10.0. The highest BCUT2D eigenvalue weighted by molar-refractivity contribution is 5.81. The number of carbonyl (C=O) groups excluding carboxylic acids is 1. The highest BCUT2D eigenvalue weighted by Crippen LogP contribution is 2.26. The number of piperidine rings is 1. The Hall–Kier alpha value is -1.10. The number of hydrogen-bond donors (Lipinski definition) is 1. The van der Waals surface area contributed by atoms with Crippen LogP contribution >= 0.6 is 0 Å². The van der Waals surface area contributed by atoms with Gasteiger partial charge in [0.1, 0.15) is 6.10 Å². The number of rotatable bonds is 7. The number of aliphatic carboxylic acids is 1. The molecule has 1 saturated carbocycles. The number of nitrogens with zero attached hydrogens (tertiary/aromatic N) is 1. The Morgan fingerprint density at radius 3 is 2.48 bits per heavy atom. The SMILES string of the molecule is CCC(OC1CCCCC1)C(=O)N1CCCCC1CCC(=O)O. The maximum Gasteiger partial charge on any atom is 0.303 e. The predicted octanol–water partition coefficient (Wildman–Crippen LogP) is 3.36. The molecule has 2 fully saturated rings. The van der Waals surface area contributed by atoms with Gasteiger partial charge in [-0.15, -0.1) is 0 Å². The zero-order valence-electron chi connectivity index (χ0n) is 14.3. The molecule has 23 heavy (non-hydrogen) atoms. The molecular formula is C18H31NO4. The normalized spacial score (nSPS) is 24.4. The second kappa shape index (κ2) is 9.26. The van der Waals surface area contributed by atoms with Gasteiger partial charge in [-0.3, -0.25) is 9.59 Å². The van der Waals surface area contributed by atoms with Crippen LogP contribution in [0.2, 0.25) is 0 Å². The van der Waals surface area contributed by atoms with Crippen LogP contribution in [-0.4, -0.2) is 46.7 Å². The molecule has 0 radical (unpaired) electrons. The van der Waals surface area contributed by atoms with E-state index in [1.807, 2.05) is 11.8 Å². The van der Waals surface area contributed by atoms with Crippen LogP contribution in [0.3, 0.4) is 0 Å². The molecule has 0 aromatic heterocycles. The van der Waals surface area contributed by atoms with Gasteiger partial charge in [0.05, 0.1) is 6.10 Å². The number of hydrogen-bond acceptors (Lipinski definition) is 3. The molecule has 1 aliphatic heterocycles. The molecule has 0 aromatic carbocycles. The van der Waals surface area contributed by atoms with Crippen LogP contribution in [0.1, 0.15) is 77.6 Å². The minimum Gasteiger partial charge on any atom is -0.481 e. The van der Waals surface area contributed by atoms with Crippen molar-refractivity contribution in [1.82, 2.24) is 4.90 Å². The van der Waals surface area contributed by atoms with Gasteiger partial charge in [0.2, 0.25) is 0 Å². The Bertz CT molecular complexity index is 392. The van der Waals surface area contributed by atoms with Gasteiger partial charge in [-0.1, -0.05) is 26.2 Å². The van der Waals surface area contributed by atoms with E-state index < -0.39 is 5.97 Å². The Morgan fingerprint density at radius 2 is 1.83 bits per heavy atom. The highest BCUT2D eigenvalue weighted by atomic mass is 16.5. The lowest BCUT2D eigenvalue weighted by Crippen LogP contribution is -2.49. The van der Waals surface area contributed by atoms with Gasteiger partial charge in [-0.05, 0) is 44.9 Å². The number of carboxylic acid groups (broad SMARTS) is 1. The molecule has 0 aromatic rings. The van der Waals surface area contributed by atoms with Crippen molar-refractivity contribution in [3.8, 4) is 0 Å². The number of carboxylic acids is 1. The van der Waals surface area contributed by atoms with Crippen LogP contribution in [0.5, 0.6) is 0 Å². The topological polar surface area (TPSA) is 66.8 Å². The average Bonchev–Trinajstić information content (AvgIpc) is 2.58. The van der Waals surface area contributed by atoms with Crippen molar-refractivity contribution in [3.05, 3.63) is 0 Å². The first-order chi connectivity index (χ1) is 11.1. The van der Waals surface area contributed by atoms with Gasteiger partial charge in [0.15, 0.2) is 0 Å². The summed E-state index contributed by atoms with van der Waals surface area (Å²) in [5.41, 5.74) is 0. The van der Waals surface area contributed by atoms with Crippen molar-refractivity contribution in [1.29, 1.82) is 0 Å².